The summed E-state index contributed by atoms with van der Waals surface area (Å²) < 4.78 is 0. The lowest BCUT2D eigenvalue weighted by molar-refractivity contribution is -0.384. The molecule has 1 aromatic carbocycles. The van der Waals surface area contributed by atoms with Gasteiger partial charge < -0.3 is 0 Å². The van der Waals surface area contributed by atoms with Crippen molar-refractivity contribution in [3.8, 4) is 11.3 Å². The first-order valence-electron chi connectivity index (χ1n) is 7.37. The molecule has 0 radical (unpaired) electrons. The van der Waals surface area contributed by atoms with Gasteiger partial charge in [0.05, 0.1) is 10.6 Å². The molecule has 1 atom stereocenters. The van der Waals surface area contributed by atoms with Crippen LogP contribution in [-0.4, -0.2) is 16.1 Å². The zero-order chi connectivity index (χ0) is 16.1. The van der Waals surface area contributed by atoms with Gasteiger partial charge in [-0.25, -0.2) is 4.98 Å². The van der Waals surface area contributed by atoms with E-state index in [1.165, 1.54) is 23.5 Å². The molecule has 0 fully saturated rings. The second kappa shape index (κ2) is 7.15. The summed E-state index contributed by atoms with van der Waals surface area (Å²) in [7, 11) is 0. The number of nitrogens with one attached hydrogen (secondary N) is 1. The van der Waals surface area contributed by atoms with Crippen molar-refractivity contribution in [1.82, 2.24) is 4.98 Å². The summed E-state index contributed by atoms with van der Waals surface area (Å²) in [6, 6.07) is 6.37. The van der Waals surface area contributed by atoms with E-state index >= 15 is 0 Å². The zero-order valence-corrected chi connectivity index (χ0v) is 13.2. The zero-order valence-electron chi connectivity index (χ0n) is 12.4. The number of aromatic nitrogens is 1. The van der Waals surface area contributed by atoms with Crippen molar-refractivity contribution in [3.05, 3.63) is 51.9 Å². The molecule has 1 heterocycles. The highest BCUT2D eigenvalue weighted by molar-refractivity contribution is 7.14. The lowest BCUT2D eigenvalue weighted by Crippen LogP contribution is -2.04. The molecule has 2 aromatic rings. The molecule has 3 rings (SSSR count). The average Bonchev–Trinajstić information content (AvgIpc) is 3.05. The van der Waals surface area contributed by atoms with Crippen molar-refractivity contribution >= 4 is 28.4 Å². The molecule has 0 amide bonds. The van der Waals surface area contributed by atoms with E-state index < -0.39 is 4.92 Å². The minimum absolute atomic E-state index is 0.0773. The van der Waals surface area contributed by atoms with Crippen LogP contribution in [0.1, 0.15) is 19.3 Å². The number of anilines is 1. The van der Waals surface area contributed by atoms with E-state index in [0.29, 0.717) is 11.0 Å². The molecular formula is C16H16N4O2S. The standard InChI is InChI=1S/C16H16N4O2S/c21-20(22)14-8-6-13(7-9-14)15-11-23-16(18-15)19-17-10-12-4-2-1-3-5-12/h1-2,6-12H,3-5H2,(H,18,19)/b17-10+. The molecule has 1 N–H and O–H groups in total. The van der Waals surface area contributed by atoms with Crippen LogP contribution in [0.4, 0.5) is 10.8 Å². The van der Waals surface area contributed by atoms with Crippen LogP contribution < -0.4 is 5.43 Å². The summed E-state index contributed by atoms with van der Waals surface area (Å²) in [5.41, 5.74) is 4.66. The fourth-order valence-corrected chi connectivity index (χ4v) is 3.03. The molecule has 1 unspecified atom stereocenters. The molecule has 6 nitrogen and oxygen atoms in total. The Balaban J connectivity index is 1.62. The summed E-state index contributed by atoms with van der Waals surface area (Å²) in [6.45, 7) is 0. The van der Waals surface area contributed by atoms with Gasteiger partial charge in [-0.3, -0.25) is 15.5 Å². The van der Waals surface area contributed by atoms with Crippen LogP contribution in [0.15, 0.2) is 46.9 Å². The van der Waals surface area contributed by atoms with Crippen LogP contribution in [0, 0.1) is 16.0 Å². The molecule has 1 aliphatic rings. The number of hydrogen-bond acceptors (Lipinski definition) is 6. The molecule has 118 valence electrons. The number of non-ortho nitro benzene ring substituents is 1. The number of allylic oxidation sites excluding steroid dienone is 2. The molecule has 1 aromatic heterocycles. The molecule has 23 heavy (non-hydrogen) atoms. The Labute approximate surface area is 137 Å². The molecule has 0 saturated carbocycles. The van der Waals surface area contributed by atoms with Crippen molar-refractivity contribution in [1.29, 1.82) is 0 Å². The summed E-state index contributed by atoms with van der Waals surface area (Å²) in [5.74, 6) is 0.488. The summed E-state index contributed by atoms with van der Waals surface area (Å²) in [5, 5.41) is 17.5. The molecule has 0 bridgehead atoms. The second-order valence-corrected chi connectivity index (χ2v) is 6.13. The topological polar surface area (TPSA) is 80.4 Å². The van der Waals surface area contributed by atoms with Gasteiger partial charge in [0.2, 0.25) is 5.13 Å². The monoisotopic (exact) mass is 328 g/mol. The quantitative estimate of drug-likeness (QED) is 0.380. The average molecular weight is 328 g/mol. The number of nitro groups is 1. The highest BCUT2D eigenvalue weighted by atomic mass is 32.1. The highest BCUT2D eigenvalue weighted by Crippen LogP contribution is 2.26. The normalized spacial score (nSPS) is 17.5. The maximum absolute atomic E-state index is 10.7. The predicted octanol–water partition coefficient (Wildman–Crippen LogP) is 4.47. The lowest BCUT2D eigenvalue weighted by atomic mass is 9.96. The van der Waals surface area contributed by atoms with Gasteiger partial charge >= 0.3 is 0 Å². The van der Waals surface area contributed by atoms with Gasteiger partial charge in [-0.05, 0) is 37.3 Å². The Morgan fingerprint density at radius 3 is 2.87 bits per heavy atom. The van der Waals surface area contributed by atoms with Crippen LogP contribution in [0.3, 0.4) is 0 Å². The van der Waals surface area contributed by atoms with Gasteiger partial charge in [0.15, 0.2) is 0 Å². The number of thiazole rings is 1. The third-order valence-corrected chi connectivity index (χ3v) is 4.38. The summed E-state index contributed by atoms with van der Waals surface area (Å²) >= 11 is 1.46. The van der Waals surface area contributed by atoms with E-state index in [-0.39, 0.29) is 5.69 Å². The van der Waals surface area contributed by atoms with Gasteiger partial charge in [-0.15, -0.1) is 11.3 Å². The fourth-order valence-electron chi connectivity index (χ4n) is 2.36. The van der Waals surface area contributed by atoms with Crippen LogP contribution in [0.5, 0.6) is 0 Å². The van der Waals surface area contributed by atoms with Crippen molar-refractivity contribution in [2.24, 2.45) is 11.0 Å². The lowest BCUT2D eigenvalue weighted by Gasteiger charge is -2.11. The first-order valence-corrected chi connectivity index (χ1v) is 8.25. The molecule has 1 aliphatic carbocycles. The van der Waals surface area contributed by atoms with E-state index in [1.807, 2.05) is 11.6 Å². The largest absolute Gasteiger partial charge is 0.269 e. The first kappa shape index (κ1) is 15.4. The minimum Gasteiger partial charge on any atom is -0.258 e. The number of rotatable bonds is 5. The number of benzene rings is 1. The van der Waals surface area contributed by atoms with Gasteiger partial charge in [0.1, 0.15) is 0 Å². The highest BCUT2D eigenvalue weighted by Gasteiger charge is 2.09. The van der Waals surface area contributed by atoms with E-state index in [0.717, 1.165) is 30.5 Å². The Kier molecular flexibility index (Phi) is 4.77. The number of hydrazone groups is 1. The summed E-state index contributed by atoms with van der Waals surface area (Å²) in [4.78, 5) is 14.7. The molecule has 0 saturated heterocycles. The van der Waals surface area contributed by atoms with Crippen LogP contribution in [0.25, 0.3) is 11.3 Å². The molecule has 7 heteroatoms. The van der Waals surface area contributed by atoms with E-state index in [4.69, 9.17) is 0 Å². The van der Waals surface area contributed by atoms with Crippen molar-refractivity contribution in [2.45, 2.75) is 19.3 Å². The van der Waals surface area contributed by atoms with E-state index in [1.54, 1.807) is 12.1 Å². The Morgan fingerprint density at radius 1 is 1.35 bits per heavy atom. The van der Waals surface area contributed by atoms with Gasteiger partial charge in [-0.1, -0.05) is 12.2 Å². The third-order valence-electron chi connectivity index (χ3n) is 3.63. The number of hydrogen-bond donors (Lipinski definition) is 1. The predicted molar refractivity (Wildman–Crippen MR) is 92.8 cm³/mol. The molecular weight excluding hydrogens is 312 g/mol. The van der Waals surface area contributed by atoms with Crippen molar-refractivity contribution < 1.29 is 4.92 Å². The SMILES string of the molecule is O=[N+]([O-])c1ccc(-c2csc(N/N=C/C3CC=CCC3)n2)cc1. The van der Waals surface area contributed by atoms with Crippen molar-refractivity contribution in [2.75, 3.05) is 5.43 Å². The number of nitrogens with zero attached hydrogens (tertiary/aromatic N) is 3. The maximum Gasteiger partial charge on any atom is 0.269 e. The van der Waals surface area contributed by atoms with Crippen molar-refractivity contribution in [3.63, 3.8) is 0 Å². The van der Waals surface area contributed by atoms with Crippen LogP contribution in [0.2, 0.25) is 0 Å². The Hall–Kier alpha value is -2.54. The minimum atomic E-state index is -0.410. The van der Waals surface area contributed by atoms with E-state index in [9.17, 15) is 10.1 Å². The van der Waals surface area contributed by atoms with Crippen LogP contribution >= 0.6 is 11.3 Å². The van der Waals surface area contributed by atoms with Gasteiger partial charge in [0.25, 0.3) is 5.69 Å². The first-order chi connectivity index (χ1) is 11.2. The van der Waals surface area contributed by atoms with E-state index in [2.05, 4.69) is 27.7 Å². The Bertz CT molecular complexity index is 737. The molecule has 0 spiro atoms. The second-order valence-electron chi connectivity index (χ2n) is 5.28. The molecule has 0 aliphatic heterocycles. The van der Waals surface area contributed by atoms with Gasteiger partial charge in [-0.2, -0.15) is 5.10 Å². The number of nitro benzene ring substituents is 1. The third kappa shape index (κ3) is 4.01. The summed E-state index contributed by atoms with van der Waals surface area (Å²) in [6.07, 6.45) is 9.62. The van der Waals surface area contributed by atoms with Crippen LogP contribution in [-0.2, 0) is 0 Å². The Morgan fingerprint density at radius 2 is 2.17 bits per heavy atom. The smallest absolute Gasteiger partial charge is 0.258 e. The maximum atomic E-state index is 10.7. The van der Waals surface area contributed by atoms with Gasteiger partial charge in [0, 0.05) is 29.3 Å². The fraction of sp³-hybridized carbons (Fsp3) is 0.250.